The van der Waals surface area contributed by atoms with E-state index < -0.39 is 5.91 Å². The van der Waals surface area contributed by atoms with E-state index in [1.165, 1.54) is 10.5 Å². The van der Waals surface area contributed by atoms with Gasteiger partial charge in [0.15, 0.2) is 5.49 Å². The minimum atomic E-state index is -0.511. The fourth-order valence-electron chi connectivity index (χ4n) is 3.79. The number of pyridine rings is 2. The fourth-order valence-corrected chi connectivity index (χ4v) is 4.24. The van der Waals surface area contributed by atoms with Crippen LogP contribution in [0.25, 0.3) is 16.7 Å². The zero-order chi connectivity index (χ0) is 23.7. The van der Waals surface area contributed by atoms with Crippen LogP contribution in [0.2, 0.25) is 0 Å². The van der Waals surface area contributed by atoms with Gasteiger partial charge in [-0.05, 0) is 51.8 Å². The predicted molar refractivity (Wildman–Crippen MR) is 131 cm³/mol. The van der Waals surface area contributed by atoms with Crippen LogP contribution < -0.4 is 11.0 Å². The highest BCUT2D eigenvalue weighted by Crippen LogP contribution is 2.17. The highest BCUT2D eigenvalue weighted by molar-refractivity contribution is 9.10. The minimum Gasteiger partial charge on any atom is -0.305 e. The Morgan fingerprint density at radius 1 is 1.03 bits per heavy atom. The van der Waals surface area contributed by atoms with Gasteiger partial charge in [-0.25, -0.2) is 4.98 Å². The number of carbonyl (C=O) groups is 1. The lowest BCUT2D eigenvalue weighted by molar-refractivity contribution is 0.0996. The molecule has 0 aliphatic heterocycles. The van der Waals surface area contributed by atoms with Crippen molar-refractivity contribution < 1.29 is 4.79 Å². The van der Waals surface area contributed by atoms with Crippen LogP contribution in [0.3, 0.4) is 0 Å². The maximum atomic E-state index is 13.3. The van der Waals surface area contributed by atoms with Gasteiger partial charge in [0, 0.05) is 10.7 Å². The number of halogens is 1. The average Bonchev–Trinajstić information content (AvgIpc) is 2.86. The molecule has 0 saturated carbocycles. The van der Waals surface area contributed by atoms with Crippen LogP contribution >= 0.6 is 15.9 Å². The number of amides is 1. The Morgan fingerprint density at radius 3 is 2.53 bits per heavy atom. The molecular formula is C26H16BrN5O2. The number of rotatable bonds is 3. The molecule has 2 aromatic carbocycles. The lowest BCUT2D eigenvalue weighted by Crippen LogP contribution is -2.30. The van der Waals surface area contributed by atoms with E-state index in [2.05, 4.69) is 27.0 Å². The third kappa shape index (κ3) is 3.83. The maximum absolute atomic E-state index is 13.3. The Morgan fingerprint density at radius 2 is 1.76 bits per heavy atom. The van der Waals surface area contributed by atoms with Gasteiger partial charge in [0.1, 0.15) is 17.4 Å². The lowest BCUT2D eigenvalue weighted by Gasteiger charge is -2.14. The van der Waals surface area contributed by atoms with Crippen molar-refractivity contribution in [2.45, 2.75) is 6.54 Å². The van der Waals surface area contributed by atoms with Gasteiger partial charge in [0.25, 0.3) is 11.5 Å². The van der Waals surface area contributed by atoms with Crippen molar-refractivity contribution in [2.24, 2.45) is 4.99 Å². The zero-order valence-corrected chi connectivity index (χ0v) is 19.3. The summed E-state index contributed by atoms with van der Waals surface area (Å²) in [6.45, 7) is 0.268. The van der Waals surface area contributed by atoms with Gasteiger partial charge in [-0.1, -0.05) is 48.5 Å². The van der Waals surface area contributed by atoms with Crippen LogP contribution in [0.5, 0.6) is 0 Å². The Kier molecular flexibility index (Phi) is 5.62. The molecule has 5 rings (SSSR count). The SMILES string of the molecule is N#Cc1cc2c(=O)n3ccccc3nc2n(Cc2ccccc2)c1=NC(=O)c1ccccc1Br. The molecule has 164 valence electrons. The topological polar surface area (TPSA) is 92.5 Å². The average molecular weight is 510 g/mol. The van der Waals surface area contributed by atoms with Crippen LogP contribution in [0, 0.1) is 11.3 Å². The fraction of sp³-hybridized carbons (Fsp3) is 0.0385. The zero-order valence-electron chi connectivity index (χ0n) is 17.7. The quantitative estimate of drug-likeness (QED) is 0.342. The van der Waals surface area contributed by atoms with Crippen LogP contribution in [0.15, 0.2) is 99.3 Å². The monoisotopic (exact) mass is 509 g/mol. The number of fused-ring (bicyclic) bond motifs is 2. The lowest BCUT2D eigenvalue weighted by atomic mass is 10.1. The molecule has 1 amide bonds. The van der Waals surface area contributed by atoms with Gasteiger partial charge in [-0.3, -0.25) is 14.0 Å². The second-order valence-corrected chi connectivity index (χ2v) is 8.40. The predicted octanol–water partition coefficient (Wildman–Crippen LogP) is 4.07. The standard InChI is InChI=1S/C26H16BrN5O2/c27-21-11-5-4-10-19(21)25(33)30-23-18(15-28)14-20-24(32(23)16-17-8-2-1-3-9-17)29-22-12-6-7-13-31(22)26(20)34/h1-14H,16H2. The minimum absolute atomic E-state index is 0.110. The number of aromatic nitrogens is 3. The summed E-state index contributed by atoms with van der Waals surface area (Å²) >= 11 is 3.39. The first-order valence-corrected chi connectivity index (χ1v) is 11.2. The summed E-state index contributed by atoms with van der Waals surface area (Å²) in [7, 11) is 0. The highest BCUT2D eigenvalue weighted by Gasteiger charge is 2.16. The first kappa shape index (κ1) is 21.5. The van der Waals surface area contributed by atoms with E-state index in [-0.39, 0.29) is 28.5 Å². The Bertz CT molecular complexity index is 1750. The van der Waals surface area contributed by atoms with Gasteiger partial charge in [0.2, 0.25) is 0 Å². The Hall–Kier alpha value is -4.35. The van der Waals surface area contributed by atoms with E-state index in [1.807, 2.05) is 30.3 Å². The molecule has 0 unspecified atom stereocenters. The van der Waals surface area contributed by atoms with Crippen molar-refractivity contribution in [3.05, 3.63) is 122 Å². The highest BCUT2D eigenvalue weighted by atomic mass is 79.9. The Labute approximate surface area is 202 Å². The number of nitrogens with zero attached hydrogens (tertiary/aromatic N) is 5. The number of benzene rings is 2. The van der Waals surface area contributed by atoms with Crippen molar-refractivity contribution in [2.75, 3.05) is 0 Å². The molecule has 0 aliphatic carbocycles. The Balaban J connectivity index is 1.88. The van der Waals surface area contributed by atoms with Gasteiger partial charge >= 0.3 is 0 Å². The van der Waals surface area contributed by atoms with E-state index in [0.29, 0.717) is 21.3 Å². The summed E-state index contributed by atoms with van der Waals surface area (Å²) < 4.78 is 3.69. The van der Waals surface area contributed by atoms with E-state index in [1.54, 1.807) is 53.2 Å². The second-order valence-electron chi connectivity index (χ2n) is 7.55. The summed E-state index contributed by atoms with van der Waals surface area (Å²) in [6, 6.07) is 25.3. The van der Waals surface area contributed by atoms with E-state index in [4.69, 9.17) is 4.98 Å². The van der Waals surface area contributed by atoms with E-state index in [0.717, 1.165) is 5.56 Å². The third-order valence-electron chi connectivity index (χ3n) is 5.41. The van der Waals surface area contributed by atoms with Crippen molar-refractivity contribution in [3.63, 3.8) is 0 Å². The van der Waals surface area contributed by atoms with Crippen LogP contribution in [-0.2, 0) is 6.54 Å². The molecule has 8 heteroatoms. The van der Waals surface area contributed by atoms with Crippen LogP contribution in [0.4, 0.5) is 0 Å². The van der Waals surface area contributed by atoms with Gasteiger partial charge in [-0.15, -0.1) is 0 Å². The first-order chi connectivity index (χ1) is 16.6. The van der Waals surface area contributed by atoms with Gasteiger partial charge in [-0.2, -0.15) is 10.3 Å². The van der Waals surface area contributed by atoms with Crippen molar-refractivity contribution in [1.82, 2.24) is 14.0 Å². The molecule has 0 radical (unpaired) electrons. The molecule has 7 nitrogen and oxygen atoms in total. The summed E-state index contributed by atoms with van der Waals surface area (Å²) in [4.78, 5) is 35.4. The van der Waals surface area contributed by atoms with Gasteiger partial charge < -0.3 is 4.57 Å². The molecular weight excluding hydrogens is 494 g/mol. The normalized spacial score (nSPS) is 11.6. The van der Waals surface area contributed by atoms with E-state index in [9.17, 15) is 14.9 Å². The molecule has 0 saturated heterocycles. The molecule has 34 heavy (non-hydrogen) atoms. The summed E-state index contributed by atoms with van der Waals surface area (Å²) in [5, 5.41) is 10.2. The van der Waals surface area contributed by atoms with Crippen LogP contribution in [0.1, 0.15) is 21.5 Å². The number of carbonyl (C=O) groups excluding carboxylic acids is 1. The summed E-state index contributed by atoms with van der Waals surface area (Å²) in [5.41, 5.74) is 2.02. The summed E-state index contributed by atoms with van der Waals surface area (Å²) in [6.07, 6.45) is 1.63. The molecule has 3 aromatic heterocycles. The largest absolute Gasteiger partial charge is 0.305 e. The van der Waals surface area contributed by atoms with Crippen LogP contribution in [-0.4, -0.2) is 19.9 Å². The molecule has 3 heterocycles. The van der Waals surface area contributed by atoms with Crippen molar-refractivity contribution in [3.8, 4) is 6.07 Å². The molecule has 0 spiro atoms. The maximum Gasteiger partial charge on any atom is 0.280 e. The third-order valence-corrected chi connectivity index (χ3v) is 6.10. The first-order valence-electron chi connectivity index (χ1n) is 10.4. The molecule has 0 atom stereocenters. The molecule has 0 fully saturated rings. The molecule has 0 bridgehead atoms. The molecule has 5 aromatic rings. The van der Waals surface area contributed by atoms with Gasteiger partial charge in [0.05, 0.1) is 23.1 Å². The number of hydrogen-bond donors (Lipinski definition) is 0. The molecule has 0 N–H and O–H groups in total. The summed E-state index contributed by atoms with van der Waals surface area (Å²) in [5.74, 6) is -0.511. The molecule has 0 aliphatic rings. The van der Waals surface area contributed by atoms with E-state index >= 15 is 0 Å². The second kappa shape index (κ2) is 8.89. The van der Waals surface area contributed by atoms with Crippen molar-refractivity contribution >= 4 is 38.5 Å². The van der Waals surface area contributed by atoms with Crippen molar-refractivity contribution in [1.29, 1.82) is 5.26 Å². The smallest absolute Gasteiger partial charge is 0.280 e. The number of nitriles is 1. The number of hydrogen-bond acceptors (Lipinski definition) is 4.